The highest BCUT2D eigenvalue weighted by Crippen LogP contribution is 2.28. The van der Waals surface area contributed by atoms with Gasteiger partial charge in [0, 0.05) is 19.8 Å². The van der Waals surface area contributed by atoms with Gasteiger partial charge in [-0.05, 0) is 14.0 Å². The molecule has 0 saturated heterocycles. The van der Waals surface area contributed by atoms with Crippen LogP contribution in [0.5, 0.6) is 0 Å². The van der Waals surface area contributed by atoms with E-state index < -0.39 is 5.54 Å². The Bertz CT molecular complexity index is 383. The van der Waals surface area contributed by atoms with E-state index in [0.717, 1.165) is 9.47 Å². The predicted octanol–water partition coefficient (Wildman–Crippen LogP) is 1.20. The van der Waals surface area contributed by atoms with E-state index in [9.17, 15) is 0 Å². The monoisotopic (exact) mass is 257 g/mol. The molecule has 16 heavy (non-hydrogen) atoms. The quantitative estimate of drug-likeness (QED) is 0.800. The number of nitrogens with zero attached hydrogens (tertiary/aromatic N) is 4. The smallest absolute Gasteiger partial charge is 0.208 e. The minimum absolute atomic E-state index is 0.519. The van der Waals surface area contributed by atoms with Gasteiger partial charge in [-0.1, -0.05) is 23.1 Å². The summed E-state index contributed by atoms with van der Waals surface area (Å²) in [5, 5.41) is 21.0. The second-order valence-electron chi connectivity index (χ2n) is 3.73. The molecule has 0 aliphatic rings. The molecule has 0 radical (unpaired) electrons. The van der Waals surface area contributed by atoms with Gasteiger partial charge in [-0.3, -0.25) is 0 Å². The van der Waals surface area contributed by atoms with E-state index in [1.807, 2.05) is 25.9 Å². The topological polar surface area (TPSA) is 64.8 Å². The van der Waals surface area contributed by atoms with Gasteiger partial charge in [-0.15, -0.1) is 10.2 Å². The fraction of sp³-hybridized carbons (Fsp3) is 0.667. The van der Waals surface area contributed by atoms with Gasteiger partial charge in [-0.2, -0.15) is 5.26 Å². The fourth-order valence-electron chi connectivity index (χ4n) is 0.808. The van der Waals surface area contributed by atoms with E-state index in [0.29, 0.717) is 5.75 Å². The zero-order chi connectivity index (χ0) is 12.2. The molecule has 1 N–H and O–H groups in total. The maximum absolute atomic E-state index is 8.99. The number of nitrogens with one attached hydrogen (secondary N) is 1. The molecule has 88 valence electrons. The first-order valence-corrected chi connectivity index (χ1v) is 6.55. The standard InChI is InChI=1S/C9H15N5S2/c1-9(5-10,11-2)6-15-8-13-12-7(16-8)14(3)4/h11H,6H2,1-4H3. The first-order valence-electron chi connectivity index (χ1n) is 4.74. The molecular weight excluding hydrogens is 242 g/mol. The van der Waals surface area contributed by atoms with E-state index in [4.69, 9.17) is 5.26 Å². The zero-order valence-corrected chi connectivity index (χ0v) is 11.4. The average molecular weight is 257 g/mol. The van der Waals surface area contributed by atoms with Crippen LogP contribution in [0.4, 0.5) is 5.13 Å². The molecule has 1 rings (SSSR count). The van der Waals surface area contributed by atoms with Crippen LogP contribution in [0.25, 0.3) is 0 Å². The molecule has 0 fully saturated rings. The van der Waals surface area contributed by atoms with Gasteiger partial charge in [0.15, 0.2) is 4.34 Å². The van der Waals surface area contributed by atoms with Crippen LogP contribution in [0.2, 0.25) is 0 Å². The number of hydrogen-bond donors (Lipinski definition) is 1. The van der Waals surface area contributed by atoms with Gasteiger partial charge in [0.05, 0.1) is 6.07 Å². The van der Waals surface area contributed by atoms with Gasteiger partial charge in [0.25, 0.3) is 0 Å². The van der Waals surface area contributed by atoms with Gasteiger partial charge < -0.3 is 10.2 Å². The molecule has 1 heterocycles. The van der Waals surface area contributed by atoms with Gasteiger partial charge in [-0.25, -0.2) is 0 Å². The van der Waals surface area contributed by atoms with E-state index in [1.54, 1.807) is 18.8 Å². The molecular formula is C9H15N5S2. The first-order chi connectivity index (χ1) is 7.50. The molecule has 0 aromatic carbocycles. The summed E-state index contributed by atoms with van der Waals surface area (Å²) >= 11 is 3.08. The Morgan fingerprint density at radius 1 is 1.56 bits per heavy atom. The van der Waals surface area contributed by atoms with Crippen LogP contribution in [-0.2, 0) is 0 Å². The predicted molar refractivity (Wildman–Crippen MR) is 68.0 cm³/mol. The summed E-state index contributed by atoms with van der Waals surface area (Å²) in [4.78, 5) is 1.92. The number of rotatable bonds is 5. The second kappa shape index (κ2) is 5.48. The molecule has 0 aliphatic heterocycles. The van der Waals surface area contributed by atoms with Crippen molar-refractivity contribution in [3.63, 3.8) is 0 Å². The molecule has 0 bridgehead atoms. The van der Waals surface area contributed by atoms with Crippen molar-refractivity contribution >= 4 is 28.2 Å². The van der Waals surface area contributed by atoms with E-state index >= 15 is 0 Å². The van der Waals surface area contributed by atoms with Crippen molar-refractivity contribution < 1.29 is 0 Å². The second-order valence-corrected chi connectivity index (χ2v) is 5.91. The molecule has 1 atom stereocenters. The third kappa shape index (κ3) is 3.33. The van der Waals surface area contributed by atoms with Gasteiger partial charge >= 0.3 is 0 Å². The lowest BCUT2D eigenvalue weighted by Crippen LogP contribution is -2.40. The summed E-state index contributed by atoms with van der Waals surface area (Å²) in [5.41, 5.74) is -0.519. The highest BCUT2D eigenvalue weighted by Gasteiger charge is 2.22. The lowest BCUT2D eigenvalue weighted by molar-refractivity contribution is 0.550. The van der Waals surface area contributed by atoms with Gasteiger partial charge in [0.2, 0.25) is 5.13 Å². The summed E-state index contributed by atoms with van der Waals surface area (Å²) < 4.78 is 0.889. The van der Waals surface area contributed by atoms with Crippen molar-refractivity contribution in [3.05, 3.63) is 0 Å². The summed E-state index contributed by atoms with van der Waals surface area (Å²) in [6.45, 7) is 1.87. The summed E-state index contributed by atoms with van der Waals surface area (Å²) in [7, 11) is 5.65. The molecule has 7 heteroatoms. The Labute approximate surface area is 104 Å². The largest absolute Gasteiger partial charge is 0.353 e. The van der Waals surface area contributed by atoms with E-state index in [-0.39, 0.29) is 0 Å². The van der Waals surface area contributed by atoms with Crippen molar-refractivity contribution in [2.24, 2.45) is 0 Å². The van der Waals surface area contributed by atoms with Crippen LogP contribution in [0.1, 0.15) is 6.92 Å². The highest BCUT2D eigenvalue weighted by molar-refractivity contribution is 8.01. The molecule has 0 amide bonds. The van der Waals surface area contributed by atoms with Crippen LogP contribution in [0.3, 0.4) is 0 Å². The summed E-state index contributed by atoms with van der Waals surface area (Å²) in [5.74, 6) is 0.655. The normalized spacial score (nSPS) is 14.2. The number of aromatic nitrogens is 2. The number of nitriles is 1. The molecule has 0 spiro atoms. The zero-order valence-electron chi connectivity index (χ0n) is 9.81. The third-order valence-electron chi connectivity index (χ3n) is 2.06. The van der Waals surface area contributed by atoms with E-state index in [1.165, 1.54) is 11.3 Å². The van der Waals surface area contributed by atoms with Crippen LogP contribution < -0.4 is 10.2 Å². The Hall–Kier alpha value is -0.840. The maximum Gasteiger partial charge on any atom is 0.208 e. The van der Waals surface area contributed by atoms with Gasteiger partial charge in [0.1, 0.15) is 5.54 Å². The molecule has 1 aromatic heterocycles. The number of anilines is 1. The van der Waals surface area contributed by atoms with Crippen LogP contribution in [-0.4, -0.2) is 42.6 Å². The summed E-state index contributed by atoms with van der Waals surface area (Å²) in [6, 6.07) is 2.24. The Morgan fingerprint density at radius 2 is 2.25 bits per heavy atom. The maximum atomic E-state index is 8.99. The molecule has 0 saturated carbocycles. The average Bonchev–Trinajstić information content (AvgIpc) is 2.75. The summed E-state index contributed by atoms with van der Waals surface area (Å²) in [6.07, 6.45) is 0. The number of thioether (sulfide) groups is 1. The lowest BCUT2D eigenvalue weighted by atomic mass is 10.1. The Balaban J connectivity index is 2.58. The third-order valence-corrected chi connectivity index (χ3v) is 4.60. The molecule has 5 nitrogen and oxygen atoms in total. The van der Waals surface area contributed by atoms with Crippen LogP contribution in [0, 0.1) is 11.3 Å². The Kier molecular flexibility index (Phi) is 4.53. The molecule has 1 unspecified atom stereocenters. The van der Waals surface area contributed by atoms with Crippen molar-refractivity contribution in [1.29, 1.82) is 5.26 Å². The SMILES string of the molecule is CNC(C)(C#N)CSc1nnc(N(C)C)s1. The highest BCUT2D eigenvalue weighted by atomic mass is 32.2. The van der Waals surface area contributed by atoms with Crippen LogP contribution >= 0.6 is 23.1 Å². The lowest BCUT2D eigenvalue weighted by Gasteiger charge is -2.18. The van der Waals surface area contributed by atoms with Crippen molar-refractivity contribution in [1.82, 2.24) is 15.5 Å². The van der Waals surface area contributed by atoms with Crippen molar-refractivity contribution in [2.75, 3.05) is 31.8 Å². The van der Waals surface area contributed by atoms with Crippen LogP contribution in [0.15, 0.2) is 4.34 Å². The molecule has 1 aromatic rings. The number of hydrogen-bond acceptors (Lipinski definition) is 7. The fourth-order valence-corrected chi connectivity index (χ4v) is 2.67. The van der Waals surface area contributed by atoms with Crippen molar-refractivity contribution in [3.8, 4) is 6.07 Å². The first kappa shape index (κ1) is 13.2. The van der Waals surface area contributed by atoms with Crippen molar-refractivity contribution in [2.45, 2.75) is 16.8 Å². The van der Waals surface area contributed by atoms with E-state index in [2.05, 4.69) is 21.6 Å². The molecule has 0 aliphatic carbocycles. The minimum Gasteiger partial charge on any atom is -0.353 e. The minimum atomic E-state index is -0.519. The Morgan fingerprint density at radius 3 is 2.69 bits per heavy atom.